The van der Waals surface area contributed by atoms with Gasteiger partial charge in [-0.1, -0.05) is 44.8 Å². The van der Waals surface area contributed by atoms with Crippen molar-refractivity contribution in [3.8, 4) is 0 Å². The van der Waals surface area contributed by atoms with E-state index in [-0.39, 0.29) is 12.5 Å². The molecule has 1 aliphatic heterocycles. The summed E-state index contributed by atoms with van der Waals surface area (Å²) < 4.78 is 5.62. The van der Waals surface area contributed by atoms with Crippen LogP contribution in [-0.2, 0) is 9.53 Å². The molecule has 4 N–H and O–H groups in total. The number of ether oxygens (including phenoxy) is 1. The highest BCUT2D eigenvalue weighted by molar-refractivity contribution is 5.66. The minimum Gasteiger partial charge on any atom is -0.481 e. The Balaban J connectivity index is 2.15. The van der Waals surface area contributed by atoms with Crippen LogP contribution in [0, 0.1) is 0 Å². The number of rotatable bonds is 12. The molecule has 24 heavy (non-hydrogen) atoms. The van der Waals surface area contributed by atoms with Crippen molar-refractivity contribution in [3.63, 3.8) is 0 Å². The van der Waals surface area contributed by atoms with Crippen molar-refractivity contribution in [1.29, 1.82) is 0 Å². The minimum atomic E-state index is -0.749. The molecular formula is C18H32O6. The summed E-state index contributed by atoms with van der Waals surface area (Å²) in [6.07, 6.45) is 7.04. The lowest BCUT2D eigenvalue weighted by molar-refractivity contribution is -0.137. The van der Waals surface area contributed by atoms with E-state index in [4.69, 9.17) is 9.84 Å². The number of carboxylic acids is 1. The Morgan fingerprint density at radius 1 is 1.21 bits per heavy atom. The Morgan fingerprint density at radius 2 is 1.88 bits per heavy atom. The van der Waals surface area contributed by atoms with Gasteiger partial charge >= 0.3 is 5.97 Å². The number of unbranched alkanes of at least 4 members (excludes halogenated alkanes) is 4. The highest BCUT2D eigenvalue weighted by Crippen LogP contribution is 2.25. The van der Waals surface area contributed by atoms with Crippen molar-refractivity contribution in [2.24, 2.45) is 0 Å². The maximum atomic E-state index is 10.4. The SMILES string of the molecule is CC[C@@H](O)[C@H]1C[C@@H](O)[C@@H](/C=C/[C@H](O)CCCCCCCC(=O)O)O1. The normalized spacial score (nSPS) is 26.8. The topological polar surface area (TPSA) is 107 Å². The molecule has 1 heterocycles. The highest BCUT2D eigenvalue weighted by atomic mass is 16.5. The molecule has 0 aromatic carbocycles. The first kappa shape index (κ1) is 21.1. The third-order valence-electron chi connectivity index (χ3n) is 4.45. The fourth-order valence-electron chi connectivity index (χ4n) is 2.90. The van der Waals surface area contributed by atoms with E-state index in [2.05, 4.69) is 0 Å². The zero-order valence-electron chi connectivity index (χ0n) is 14.5. The summed E-state index contributed by atoms with van der Waals surface area (Å²) in [6, 6.07) is 0. The first-order valence-corrected chi connectivity index (χ1v) is 9.03. The van der Waals surface area contributed by atoms with E-state index in [0.29, 0.717) is 25.7 Å². The molecule has 0 spiro atoms. The molecule has 1 fully saturated rings. The van der Waals surface area contributed by atoms with Gasteiger partial charge in [0.1, 0.15) is 6.10 Å². The number of hydrogen-bond acceptors (Lipinski definition) is 5. The summed E-state index contributed by atoms with van der Waals surface area (Å²) in [7, 11) is 0. The number of hydrogen-bond donors (Lipinski definition) is 4. The van der Waals surface area contributed by atoms with Crippen molar-refractivity contribution in [1.82, 2.24) is 0 Å². The summed E-state index contributed by atoms with van der Waals surface area (Å²) >= 11 is 0. The summed E-state index contributed by atoms with van der Waals surface area (Å²) in [5.41, 5.74) is 0. The maximum absolute atomic E-state index is 10.4. The van der Waals surface area contributed by atoms with E-state index in [1.54, 1.807) is 12.2 Å². The lowest BCUT2D eigenvalue weighted by atomic mass is 10.0. The molecule has 6 nitrogen and oxygen atoms in total. The fourth-order valence-corrected chi connectivity index (χ4v) is 2.90. The standard InChI is InChI=1S/C18H32O6/c1-2-14(20)17-12-15(21)16(24-17)11-10-13(19)8-6-4-3-5-7-9-18(22)23/h10-11,13-17,19-21H,2-9,12H2,1H3,(H,22,23)/b11-10+/t13-,14-,15-,16-,17-/m1/s1. The molecular weight excluding hydrogens is 312 g/mol. The maximum Gasteiger partial charge on any atom is 0.303 e. The molecule has 1 rings (SSSR count). The number of aliphatic carboxylic acids is 1. The van der Waals surface area contributed by atoms with Crippen LogP contribution in [0.15, 0.2) is 12.2 Å². The molecule has 0 saturated carbocycles. The average molecular weight is 344 g/mol. The molecule has 0 amide bonds. The second-order valence-electron chi connectivity index (χ2n) is 6.57. The van der Waals surface area contributed by atoms with Gasteiger partial charge in [0.05, 0.1) is 24.4 Å². The molecule has 1 saturated heterocycles. The molecule has 0 radical (unpaired) electrons. The highest BCUT2D eigenvalue weighted by Gasteiger charge is 2.35. The Kier molecular flexibility index (Phi) is 10.2. The fraction of sp³-hybridized carbons (Fsp3) is 0.833. The summed E-state index contributed by atoms with van der Waals surface area (Å²) in [4.78, 5) is 10.4. The Hall–Kier alpha value is -0.950. The number of aliphatic hydroxyl groups excluding tert-OH is 3. The molecule has 0 aromatic rings. The van der Waals surface area contributed by atoms with Gasteiger partial charge in [-0.2, -0.15) is 0 Å². The Labute approximate surface area is 144 Å². The van der Waals surface area contributed by atoms with Crippen LogP contribution in [-0.4, -0.2) is 56.9 Å². The van der Waals surface area contributed by atoms with Crippen LogP contribution >= 0.6 is 0 Å². The Morgan fingerprint density at radius 3 is 2.54 bits per heavy atom. The molecule has 0 bridgehead atoms. The molecule has 0 aromatic heterocycles. The molecule has 1 aliphatic rings. The van der Waals surface area contributed by atoms with Gasteiger partial charge < -0.3 is 25.2 Å². The first-order valence-electron chi connectivity index (χ1n) is 9.03. The van der Waals surface area contributed by atoms with Crippen LogP contribution in [0.2, 0.25) is 0 Å². The predicted molar refractivity (Wildman–Crippen MR) is 90.7 cm³/mol. The van der Waals surface area contributed by atoms with Crippen LogP contribution in [0.5, 0.6) is 0 Å². The molecule has 6 heteroatoms. The van der Waals surface area contributed by atoms with Crippen LogP contribution in [0.4, 0.5) is 0 Å². The predicted octanol–water partition coefficient (Wildman–Crippen LogP) is 2.01. The Bertz CT molecular complexity index is 384. The largest absolute Gasteiger partial charge is 0.481 e. The second-order valence-corrected chi connectivity index (χ2v) is 6.57. The first-order chi connectivity index (χ1) is 11.4. The third-order valence-corrected chi connectivity index (χ3v) is 4.45. The van der Waals surface area contributed by atoms with E-state index >= 15 is 0 Å². The van der Waals surface area contributed by atoms with Crippen LogP contribution in [0.3, 0.4) is 0 Å². The van der Waals surface area contributed by atoms with Gasteiger partial charge in [0.15, 0.2) is 0 Å². The monoisotopic (exact) mass is 344 g/mol. The summed E-state index contributed by atoms with van der Waals surface area (Å²) in [6.45, 7) is 1.87. The van der Waals surface area contributed by atoms with Crippen molar-refractivity contribution in [3.05, 3.63) is 12.2 Å². The lowest BCUT2D eigenvalue weighted by Crippen LogP contribution is -2.25. The van der Waals surface area contributed by atoms with Crippen molar-refractivity contribution in [2.45, 2.75) is 95.2 Å². The lowest BCUT2D eigenvalue weighted by Gasteiger charge is -2.16. The van der Waals surface area contributed by atoms with Gasteiger partial charge in [0.25, 0.3) is 0 Å². The van der Waals surface area contributed by atoms with Gasteiger partial charge in [-0.25, -0.2) is 0 Å². The van der Waals surface area contributed by atoms with Gasteiger partial charge in [0.2, 0.25) is 0 Å². The smallest absolute Gasteiger partial charge is 0.303 e. The zero-order chi connectivity index (χ0) is 17.9. The summed E-state index contributed by atoms with van der Waals surface area (Å²) in [5, 5.41) is 38.2. The van der Waals surface area contributed by atoms with E-state index in [9.17, 15) is 20.1 Å². The van der Waals surface area contributed by atoms with Gasteiger partial charge in [-0.05, 0) is 19.3 Å². The van der Waals surface area contributed by atoms with Crippen molar-refractivity contribution >= 4 is 5.97 Å². The number of carbonyl (C=O) groups is 1. The number of aliphatic hydroxyl groups is 3. The van der Waals surface area contributed by atoms with Gasteiger partial charge in [-0.15, -0.1) is 0 Å². The second kappa shape index (κ2) is 11.6. The zero-order valence-corrected chi connectivity index (χ0v) is 14.5. The van der Waals surface area contributed by atoms with Crippen LogP contribution in [0.25, 0.3) is 0 Å². The quantitative estimate of drug-likeness (QED) is 0.319. The summed E-state index contributed by atoms with van der Waals surface area (Å²) in [5.74, 6) is -0.749. The molecule has 0 aliphatic carbocycles. The van der Waals surface area contributed by atoms with E-state index in [1.165, 1.54) is 0 Å². The third kappa shape index (κ3) is 8.24. The van der Waals surface area contributed by atoms with E-state index in [1.807, 2.05) is 6.92 Å². The minimum absolute atomic E-state index is 0.225. The van der Waals surface area contributed by atoms with Crippen molar-refractivity contribution < 1.29 is 30.0 Å². The van der Waals surface area contributed by atoms with Gasteiger partial charge in [-0.3, -0.25) is 4.79 Å². The van der Waals surface area contributed by atoms with Crippen LogP contribution in [0.1, 0.15) is 64.7 Å². The average Bonchev–Trinajstić information content (AvgIpc) is 2.92. The van der Waals surface area contributed by atoms with Crippen LogP contribution < -0.4 is 0 Å². The molecule has 0 unspecified atom stereocenters. The van der Waals surface area contributed by atoms with Crippen molar-refractivity contribution in [2.75, 3.05) is 0 Å². The molecule has 140 valence electrons. The van der Waals surface area contributed by atoms with E-state index < -0.39 is 30.4 Å². The van der Waals surface area contributed by atoms with Gasteiger partial charge in [0, 0.05) is 12.8 Å². The van der Waals surface area contributed by atoms with E-state index in [0.717, 1.165) is 25.7 Å². The molecule has 5 atom stereocenters. The number of carboxylic acid groups (broad SMARTS) is 1.